The molecule has 2 aromatic carbocycles. The normalized spacial score (nSPS) is 16.3. The third-order valence-corrected chi connectivity index (χ3v) is 7.05. The van der Waals surface area contributed by atoms with Crippen LogP contribution in [0.25, 0.3) is 0 Å². The number of thiophene rings is 1. The Morgan fingerprint density at radius 2 is 1.94 bits per heavy atom. The number of hydrogen-bond donors (Lipinski definition) is 2. The first kappa shape index (κ1) is 21.9. The summed E-state index contributed by atoms with van der Waals surface area (Å²) < 4.78 is 6.55. The molecular formula is C26H32N2O2S. The summed E-state index contributed by atoms with van der Waals surface area (Å²) in [6.45, 7) is 3.95. The van der Waals surface area contributed by atoms with Gasteiger partial charge in [-0.05, 0) is 80.7 Å². The molecule has 0 aliphatic carbocycles. The van der Waals surface area contributed by atoms with Crippen molar-refractivity contribution in [2.24, 2.45) is 0 Å². The number of piperidine rings is 1. The Balaban J connectivity index is 1.40. The second kappa shape index (κ2) is 10.8. The van der Waals surface area contributed by atoms with E-state index in [1.165, 1.54) is 16.0 Å². The molecule has 3 aromatic rings. The summed E-state index contributed by atoms with van der Waals surface area (Å²) in [5.41, 5.74) is 2.51. The number of nitrogens with one attached hydrogen (secondary N) is 1. The van der Waals surface area contributed by atoms with Gasteiger partial charge in [0.1, 0.15) is 17.6 Å². The zero-order chi connectivity index (χ0) is 21.5. The van der Waals surface area contributed by atoms with E-state index in [9.17, 15) is 5.11 Å². The molecule has 1 aromatic heterocycles. The molecule has 1 fully saturated rings. The lowest BCUT2D eigenvalue weighted by atomic mass is 9.89. The van der Waals surface area contributed by atoms with Crippen molar-refractivity contribution in [2.75, 3.05) is 26.7 Å². The van der Waals surface area contributed by atoms with E-state index in [0.29, 0.717) is 11.7 Å². The van der Waals surface area contributed by atoms with Crippen molar-refractivity contribution < 1.29 is 9.84 Å². The maximum Gasteiger partial charge on any atom is 0.134 e. The second-order valence-electron chi connectivity index (χ2n) is 8.27. The van der Waals surface area contributed by atoms with Crippen LogP contribution in [-0.4, -0.2) is 36.7 Å². The van der Waals surface area contributed by atoms with E-state index in [1.807, 2.05) is 19.2 Å². The maximum atomic E-state index is 9.79. The van der Waals surface area contributed by atoms with Crippen LogP contribution in [0.4, 0.5) is 0 Å². The van der Waals surface area contributed by atoms with Crippen LogP contribution in [0.2, 0.25) is 0 Å². The van der Waals surface area contributed by atoms with Crippen molar-refractivity contribution in [3.63, 3.8) is 0 Å². The van der Waals surface area contributed by atoms with Gasteiger partial charge in [0.2, 0.25) is 0 Å². The Kier molecular flexibility index (Phi) is 7.62. The highest BCUT2D eigenvalue weighted by Crippen LogP contribution is 2.33. The molecule has 164 valence electrons. The smallest absolute Gasteiger partial charge is 0.134 e. The van der Waals surface area contributed by atoms with E-state index in [4.69, 9.17) is 4.74 Å². The van der Waals surface area contributed by atoms with E-state index in [1.54, 1.807) is 17.4 Å². The number of para-hydroxylation sites is 1. The lowest BCUT2D eigenvalue weighted by molar-refractivity contribution is 0.181. The first-order chi connectivity index (χ1) is 15.2. The average Bonchev–Trinajstić information content (AvgIpc) is 3.33. The van der Waals surface area contributed by atoms with Gasteiger partial charge < -0.3 is 15.2 Å². The number of phenolic OH excluding ortho intramolecular Hbond substituents is 1. The number of rotatable bonds is 9. The predicted molar refractivity (Wildman–Crippen MR) is 128 cm³/mol. The van der Waals surface area contributed by atoms with Crippen LogP contribution in [0.5, 0.6) is 11.5 Å². The number of phenols is 1. The van der Waals surface area contributed by atoms with Gasteiger partial charge in [-0.2, -0.15) is 0 Å². The topological polar surface area (TPSA) is 44.7 Å². The molecule has 0 amide bonds. The summed E-state index contributed by atoms with van der Waals surface area (Å²) in [4.78, 5) is 3.80. The van der Waals surface area contributed by atoms with Crippen LogP contribution in [-0.2, 0) is 6.54 Å². The zero-order valence-corrected chi connectivity index (χ0v) is 19.0. The minimum Gasteiger partial charge on any atom is -0.508 e. The standard InChI is InChI=1S/C26H32N2O2S/c1-27-14-11-25(26-10-5-17-31-26)30-24-9-3-2-6-22(24)19-28-15-12-20(13-16-28)21-7-4-8-23(29)18-21/h2-10,17-18,20,25,27,29H,11-16,19H2,1H3. The molecule has 2 heterocycles. The summed E-state index contributed by atoms with van der Waals surface area (Å²) in [5, 5.41) is 15.2. The first-order valence-electron chi connectivity index (χ1n) is 11.2. The summed E-state index contributed by atoms with van der Waals surface area (Å²) in [7, 11) is 1.99. The minimum absolute atomic E-state index is 0.0742. The molecule has 1 atom stereocenters. The fourth-order valence-corrected chi connectivity index (χ4v) is 5.15. The summed E-state index contributed by atoms with van der Waals surface area (Å²) in [5.74, 6) is 1.89. The molecule has 0 spiro atoms. The largest absolute Gasteiger partial charge is 0.508 e. The Morgan fingerprint density at radius 3 is 2.68 bits per heavy atom. The average molecular weight is 437 g/mol. The molecule has 0 bridgehead atoms. The van der Waals surface area contributed by atoms with Crippen LogP contribution in [0.3, 0.4) is 0 Å². The highest BCUT2D eigenvalue weighted by atomic mass is 32.1. The zero-order valence-electron chi connectivity index (χ0n) is 18.2. The van der Waals surface area contributed by atoms with Crippen molar-refractivity contribution in [1.82, 2.24) is 10.2 Å². The molecule has 2 N–H and O–H groups in total. The number of likely N-dealkylation sites (tertiary alicyclic amines) is 1. The Hall–Kier alpha value is -2.34. The van der Waals surface area contributed by atoms with Crippen molar-refractivity contribution in [2.45, 2.75) is 37.8 Å². The molecule has 1 saturated heterocycles. The molecule has 4 rings (SSSR count). The third-order valence-electron chi connectivity index (χ3n) is 6.08. The van der Waals surface area contributed by atoms with Crippen molar-refractivity contribution in [3.05, 3.63) is 82.0 Å². The van der Waals surface area contributed by atoms with Crippen LogP contribution in [0.1, 0.15) is 47.3 Å². The van der Waals surface area contributed by atoms with Crippen molar-refractivity contribution in [1.29, 1.82) is 0 Å². The fraction of sp³-hybridized carbons (Fsp3) is 0.385. The van der Waals surface area contributed by atoms with Crippen LogP contribution in [0.15, 0.2) is 66.0 Å². The molecule has 5 heteroatoms. The molecule has 0 radical (unpaired) electrons. The second-order valence-corrected chi connectivity index (χ2v) is 9.25. The van der Waals surface area contributed by atoms with Gasteiger partial charge in [0.25, 0.3) is 0 Å². The lowest BCUT2D eigenvalue weighted by Gasteiger charge is -2.32. The fourth-order valence-electron chi connectivity index (χ4n) is 4.36. The predicted octanol–water partition coefficient (Wildman–Crippen LogP) is 5.56. The van der Waals surface area contributed by atoms with Crippen LogP contribution in [0, 0.1) is 0 Å². The van der Waals surface area contributed by atoms with E-state index < -0.39 is 0 Å². The van der Waals surface area contributed by atoms with Gasteiger partial charge in [0, 0.05) is 23.4 Å². The molecule has 4 nitrogen and oxygen atoms in total. The highest BCUT2D eigenvalue weighted by molar-refractivity contribution is 7.10. The van der Waals surface area contributed by atoms with Gasteiger partial charge in [0.15, 0.2) is 0 Å². The highest BCUT2D eigenvalue weighted by Gasteiger charge is 2.22. The van der Waals surface area contributed by atoms with Crippen LogP contribution < -0.4 is 10.1 Å². The Labute approximate surface area is 189 Å². The van der Waals surface area contributed by atoms with Gasteiger partial charge in [-0.1, -0.05) is 36.4 Å². The van der Waals surface area contributed by atoms with Gasteiger partial charge >= 0.3 is 0 Å². The van der Waals surface area contributed by atoms with Gasteiger partial charge in [-0.15, -0.1) is 11.3 Å². The Morgan fingerprint density at radius 1 is 1.10 bits per heavy atom. The quantitative estimate of drug-likeness (QED) is 0.461. The molecule has 1 aliphatic heterocycles. The van der Waals surface area contributed by atoms with Crippen molar-refractivity contribution >= 4 is 11.3 Å². The molecule has 1 unspecified atom stereocenters. The number of nitrogens with zero attached hydrogens (tertiary/aromatic N) is 1. The van der Waals surface area contributed by atoms with Crippen LogP contribution >= 0.6 is 11.3 Å². The summed E-state index contributed by atoms with van der Waals surface area (Å²) in [6.07, 6.45) is 3.25. The number of aromatic hydroxyl groups is 1. The molecule has 1 aliphatic rings. The Bertz CT molecular complexity index is 936. The van der Waals surface area contributed by atoms with Crippen molar-refractivity contribution in [3.8, 4) is 11.5 Å². The number of benzene rings is 2. The third kappa shape index (κ3) is 5.88. The van der Waals surface area contributed by atoms with E-state index in [-0.39, 0.29) is 6.10 Å². The molecular weight excluding hydrogens is 404 g/mol. The maximum absolute atomic E-state index is 9.79. The minimum atomic E-state index is 0.0742. The number of hydrogen-bond acceptors (Lipinski definition) is 5. The summed E-state index contributed by atoms with van der Waals surface area (Å²) in [6, 6.07) is 20.5. The van der Waals surface area contributed by atoms with E-state index >= 15 is 0 Å². The SMILES string of the molecule is CNCCC(Oc1ccccc1CN1CCC(c2cccc(O)c2)CC1)c1cccs1. The first-order valence-corrected chi connectivity index (χ1v) is 12.0. The monoisotopic (exact) mass is 436 g/mol. The van der Waals surface area contributed by atoms with Gasteiger partial charge in [0.05, 0.1) is 0 Å². The molecule has 31 heavy (non-hydrogen) atoms. The van der Waals surface area contributed by atoms with Gasteiger partial charge in [-0.25, -0.2) is 0 Å². The lowest BCUT2D eigenvalue weighted by Crippen LogP contribution is -2.32. The summed E-state index contributed by atoms with van der Waals surface area (Å²) >= 11 is 1.76. The van der Waals surface area contributed by atoms with Gasteiger partial charge in [-0.3, -0.25) is 4.90 Å². The van der Waals surface area contributed by atoms with E-state index in [0.717, 1.165) is 51.2 Å². The number of ether oxygens (including phenoxy) is 1. The van der Waals surface area contributed by atoms with E-state index in [2.05, 4.69) is 58.1 Å². The molecule has 0 saturated carbocycles.